The second-order valence-corrected chi connectivity index (χ2v) is 17.2. The van der Waals surface area contributed by atoms with E-state index in [1.54, 1.807) is 0 Å². The summed E-state index contributed by atoms with van der Waals surface area (Å²) in [5, 5.41) is 33.7. The van der Waals surface area contributed by atoms with E-state index in [0.717, 1.165) is 57.8 Å². The lowest BCUT2D eigenvalue weighted by atomic mass is 9.79. The SMILES string of the molecule is CCCCCCCCCCCCCCCCCC(=O)C(O)C(O)C(O)(C(=O)CCCCCCCCCCCCC)C(=O)CCCCCCCCCCCCC. The maximum Gasteiger partial charge on any atom is 0.210 e. The van der Waals surface area contributed by atoms with Crippen molar-refractivity contribution in [3.05, 3.63) is 0 Å². The van der Waals surface area contributed by atoms with Gasteiger partial charge < -0.3 is 15.3 Å². The van der Waals surface area contributed by atoms with E-state index >= 15 is 0 Å². The Morgan fingerprint density at radius 1 is 0.345 bits per heavy atom. The summed E-state index contributed by atoms with van der Waals surface area (Å²) in [6.45, 7) is 6.71. The molecular weight excluding hydrogens is 685 g/mol. The molecule has 3 N–H and O–H groups in total. The van der Waals surface area contributed by atoms with Crippen molar-refractivity contribution >= 4 is 17.3 Å². The van der Waals surface area contributed by atoms with Gasteiger partial charge in [0, 0.05) is 19.3 Å². The van der Waals surface area contributed by atoms with E-state index in [4.69, 9.17) is 0 Å². The van der Waals surface area contributed by atoms with Crippen LogP contribution in [-0.2, 0) is 14.4 Å². The summed E-state index contributed by atoms with van der Waals surface area (Å²) >= 11 is 0. The zero-order valence-corrected chi connectivity index (χ0v) is 37.0. The number of unbranched alkanes of at least 4 members (excludes halogenated alkanes) is 34. The van der Waals surface area contributed by atoms with Crippen LogP contribution in [0, 0.1) is 0 Å². The summed E-state index contributed by atoms with van der Waals surface area (Å²) in [4.78, 5) is 40.0. The minimum Gasteiger partial charge on any atom is -0.386 e. The van der Waals surface area contributed by atoms with Crippen LogP contribution in [0.5, 0.6) is 0 Å². The molecule has 0 aromatic carbocycles. The van der Waals surface area contributed by atoms with Crippen molar-refractivity contribution in [2.75, 3.05) is 0 Å². The van der Waals surface area contributed by atoms with Crippen LogP contribution in [0.15, 0.2) is 0 Å². The number of carbonyl (C=O) groups is 3. The average molecular weight is 779 g/mol. The first-order valence-corrected chi connectivity index (χ1v) is 24.4. The van der Waals surface area contributed by atoms with Crippen LogP contribution in [0.3, 0.4) is 0 Å². The number of Topliss-reactive ketones (excluding diaryl/α,β-unsaturated/α-hetero) is 3. The fourth-order valence-corrected chi connectivity index (χ4v) is 7.99. The minimum atomic E-state index is -2.75. The van der Waals surface area contributed by atoms with Gasteiger partial charge in [-0.25, -0.2) is 0 Å². The summed E-state index contributed by atoms with van der Waals surface area (Å²) in [7, 11) is 0. The normalized spacial score (nSPS) is 13.0. The summed E-state index contributed by atoms with van der Waals surface area (Å²) < 4.78 is 0. The molecule has 0 heterocycles. The number of carbonyl (C=O) groups excluding carboxylic acids is 3. The molecule has 0 fully saturated rings. The van der Waals surface area contributed by atoms with Gasteiger partial charge in [-0.05, 0) is 19.3 Å². The number of rotatable bonds is 45. The maximum absolute atomic E-state index is 13.5. The lowest BCUT2D eigenvalue weighted by Crippen LogP contribution is -2.61. The largest absolute Gasteiger partial charge is 0.386 e. The first-order chi connectivity index (χ1) is 26.8. The van der Waals surface area contributed by atoms with Gasteiger partial charge >= 0.3 is 0 Å². The summed E-state index contributed by atoms with van der Waals surface area (Å²) in [6.07, 6.45) is 38.5. The van der Waals surface area contributed by atoms with Crippen LogP contribution >= 0.6 is 0 Å². The molecular formula is C49H94O6. The van der Waals surface area contributed by atoms with Gasteiger partial charge in [0.1, 0.15) is 12.2 Å². The molecule has 0 saturated heterocycles. The Morgan fingerprint density at radius 3 is 0.782 bits per heavy atom. The van der Waals surface area contributed by atoms with Crippen molar-refractivity contribution < 1.29 is 29.7 Å². The van der Waals surface area contributed by atoms with Gasteiger partial charge in [0.15, 0.2) is 17.3 Å². The zero-order valence-electron chi connectivity index (χ0n) is 37.0. The quantitative estimate of drug-likeness (QED) is 0.0419. The van der Waals surface area contributed by atoms with Gasteiger partial charge in [-0.15, -0.1) is 0 Å². The highest BCUT2D eigenvalue weighted by Crippen LogP contribution is 2.26. The summed E-state index contributed by atoms with van der Waals surface area (Å²) in [5.74, 6) is -2.13. The molecule has 55 heavy (non-hydrogen) atoms. The molecule has 0 aliphatic rings. The Kier molecular flexibility index (Phi) is 38.9. The molecule has 2 unspecified atom stereocenters. The van der Waals surface area contributed by atoms with E-state index in [0.29, 0.717) is 19.3 Å². The second kappa shape index (κ2) is 39.7. The van der Waals surface area contributed by atoms with Crippen LogP contribution in [0.25, 0.3) is 0 Å². The van der Waals surface area contributed by atoms with Gasteiger partial charge in [-0.2, -0.15) is 0 Å². The fraction of sp³-hybridized carbons (Fsp3) is 0.939. The van der Waals surface area contributed by atoms with Gasteiger partial charge in [0.2, 0.25) is 5.60 Å². The lowest BCUT2D eigenvalue weighted by molar-refractivity contribution is -0.174. The highest BCUT2D eigenvalue weighted by Gasteiger charge is 2.52. The maximum atomic E-state index is 13.5. The molecule has 2 atom stereocenters. The van der Waals surface area contributed by atoms with Crippen molar-refractivity contribution in [2.24, 2.45) is 0 Å². The van der Waals surface area contributed by atoms with Crippen molar-refractivity contribution in [1.29, 1.82) is 0 Å². The molecule has 0 aliphatic heterocycles. The predicted molar refractivity (Wildman–Crippen MR) is 234 cm³/mol. The van der Waals surface area contributed by atoms with Crippen molar-refractivity contribution in [3.63, 3.8) is 0 Å². The first-order valence-electron chi connectivity index (χ1n) is 24.4. The Morgan fingerprint density at radius 2 is 0.545 bits per heavy atom. The van der Waals surface area contributed by atoms with Crippen LogP contribution < -0.4 is 0 Å². The molecule has 0 aliphatic carbocycles. The van der Waals surface area contributed by atoms with E-state index in [1.807, 2.05) is 0 Å². The van der Waals surface area contributed by atoms with E-state index in [9.17, 15) is 29.7 Å². The van der Waals surface area contributed by atoms with Crippen LogP contribution in [0.1, 0.15) is 278 Å². The first kappa shape index (κ1) is 53.9. The standard InChI is InChI=1S/C49H94O6/c1-4-7-10-13-16-19-22-23-24-25-28-29-32-35-38-41-44(50)47(53)48(54)49(55,45(51)42-39-36-33-30-26-20-17-14-11-8-5-2)46(52)43-40-37-34-31-27-21-18-15-12-9-6-3/h47-48,53-55H,4-43H2,1-3H3. The zero-order chi connectivity index (χ0) is 40.7. The third-order valence-corrected chi connectivity index (χ3v) is 11.9. The summed E-state index contributed by atoms with van der Waals surface area (Å²) in [6, 6.07) is 0. The fourth-order valence-electron chi connectivity index (χ4n) is 7.99. The van der Waals surface area contributed by atoms with E-state index in [1.165, 1.54) is 161 Å². The molecule has 0 aromatic heterocycles. The van der Waals surface area contributed by atoms with E-state index in [-0.39, 0.29) is 19.3 Å². The smallest absolute Gasteiger partial charge is 0.210 e. The van der Waals surface area contributed by atoms with Gasteiger partial charge in [-0.3, -0.25) is 14.4 Å². The minimum absolute atomic E-state index is 0.0471. The second-order valence-electron chi connectivity index (χ2n) is 17.2. The topological polar surface area (TPSA) is 112 Å². The number of hydrogen-bond acceptors (Lipinski definition) is 6. The molecule has 0 aromatic rings. The monoisotopic (exact) mass is 779 g/mol. The Balaban J connectivity index is 4.73. The average Bonchev–Trinajstić information content (AvgIpc) is 3.19. The molecule has 0 saturated carbocycles. The number of aliphatic hydroxyl groups excluding tert-OH is 2. The van der Waals surface area contributed by atoms with Crippen molar-refractivity contribution in [1.82, 2.24) is 0 Å². The Bertz CT molecular complexity index is 833. The van der Waals surface area contributed by atoms with Gasteiger partial charge in [0.05, 0.1) is 0 Å². The third kappa shape index (κ3) is 29.7. The van der Waals surface area contributed by atoms with Crippen LogP contribution in [0.4, 0.5) is 0 Å². The number of ketones is 3. The highest BCUT2D eigenvalue weighted by molar-refractivity contribution is 6.11. The lowest BCUT2D eigenvalue weighted by Gasteiger charge is -2.32. The molecule has 0 bridgehead atoms. The number of aliphatic hydroxyl groups is 3. The Labute approximate surface area is 341 Å². The van der Waals surface area contributed by atoms with Crippen molar-refractivity contribution in [3.8, 4) is 0 Å². The molecule has 0 rings (SSSR count). The molecule has 6 nitrogen and oxygen atoms in total. The highest BCUT2D eigenvalue weighted by atomic mass is 16.4. The molecule has 6 heteroatoms. The van der Waals surface area contributed by atoms with E-state index < -0.39 is 35.2 Å². The third-order valence-electron chi connectivity index (χ3n) is 11.9. The van der Waals surface area contributed by atoms with Crippen LogP contribution in [0.2, 0.25) is 0 Å². The Hall–Kier alpha value is -1.11. The van der Waals surface area contributed by atoms with Gasteiger partial charge in [-0.1, -0.05) is 239 Å². The van der Waals surface area contributed by atoms with Gasteiger partial charge in [0.25, 0.3) is 0 Å². The predicted octanol–water partition coefficient (Wildman–Crippen LogP) is 13.8. The molecule has 326 valence electrons. The van der Waals surface area contributed by atoms with E-state index in [2.05, 4.69) is 20.8 Å². The molecule has 0 spiro atoms. The molecule has 0 radical (unpaired) electrons. The summed E-state index contributed by atoms with van der Waals surface area (Å²) in [5.41, 5.74) is -2.75. The number of hydrogen-bond donors (Lipinski definition) is 3. The molecule has 0 amide bonds. The van der Waals surface area contributed by atoms with Crippen LogP contribution in [-0.4, -0.2) is 50.5 Å². The van der Waals surface area contributed by atoms with Crippen molar-refractivity contribution in [2.45, 2.75) is 295 Å².